The number of halogens is 3. The van der Waals surface area contributed by atoms with Gasteiger partial charge in [0.05, 0.1) is 12.7 Å². The summed E-state index contributed by atoms with van der Waals surface area (Å²) in [6.45, 7) is 0. The Kier molecular flexibility index (Phi) is 5.69. The van der Waals surface area contributed by atoms with Gasteiger partial charge in [0.25, 0.3) is 15.9 Å². The molecule has 1 aromatic heterocycles. The Morgan fingerprint density at radius 1 is 1.10 bits per heavy atom. The summed E-state index contributed by atoms with van der Waals surface area (Å²) >= 11 is 0. The number of rotatable bonds is 6. The molecule has 12 heteroatoms. The maximum atomic E-state index is 12.9. The van der Waals surface area contributed by atoms with Gasteiger partial charge in [-0.3, -0.25) is 14.6 Å². The number of H-pyrrole nitrogens is 1. The van der Waals surface area contributed by atoms with Crippen LogP contribution in [0.4, 0.5) is 24.5 Å². The molecule has 1 amide bonds. The van der Waals surface area contributed by atoms with Crippen molar-refractivity contribution in [2.45, 2.75) is 11.1 Å². The molecule has 3 aromatic rings. The molecule has 3 rings (SSSR count). The third-order valence-corrected chi connectivity index (χ3v) is 5.32. The lowest BCUT2D eigenvalue weighted by Gasteiger charge is -2.14. The lowest BCUT2D eigenvalue weighted by molar-refractivity contribution is -0.137. The van der Waals surface area contributed by atoms with Crippen LogP contribution in [0.2, 0.25) is 0 Å². The number of anilines is 2. The molecule has 1 heterocycles. The van der Waals surface area contributed by atoms with Gasteiger partial charge in [-0.2, -0.15) is 18.3 Å². The quantitative estimate of drug-likeness (QED) is 0.543. The molecule has 0 aliphatic carbocycles. The van der Waals surface area contributed by atoms with Crippen molar-refractivity contribution in [1.82, 2.24) is 10.2 Å². The van der Waals surface area contributed by atoms with Crippen molar-refractivity contribution in [2.24, 2.45) is 0 Å². The molecular formula is C18H15F3N4O4S. The van der Waals surface area contributed by atoms with Crippen LogP contribution >= 0.6 is 0 Å². The SMILES string of the molecule is COc1cc(NC(=O)c2ccn[nH]2)ccc1S(=O)(=O)Nc1cccc(C(F)(F)F)c1. The number of hydrogen-bond acceptors (Lipinski definition) is 5. The van der Waals surface area contributed by atoms with E-state index in [1.807, 2.05) is 0 Å². The van der Waals surface area contributed by atoms with Gasteiger partial charge in [0.1, 0.15) is 16.3 Å². The third-order valence-electron chi connectivity index (χ3n) is 3.90. The van der Waals surface area contributed by atoms with E-state index in [0.29, 0.717) is 6.07 Å². The van der Waals surface area contributed by atoms with Crippen LogP contribution in [0, 0.1) is 0 Å². The Balaban J connectivity index is 1.86. The normalized spacial score (nSPS) is 11.7. The molecule has 0 aliphatic rings. The number of aromatic nitrogens is 2. The first-order chi connectivity index (χ1) is 14.1. The summed E-state index contributed by atoms with van der Waals surface area (Å²) in [5.41, 5.74) is -0.823. The van der Waals surface area contributed by atoms with Gasteiger partial charge in [-0.25, -0.2) is 8.42 Å². The fourth-order valence-corrected chi connectivity index (χ4v) is 3.72. The first-order valence-electron chi connectivity index (χ1n) is 8.29. The summed E-state index contributed by atoms with van der Waals surface area (Å²) in [6.07, 6.45) is -3.22. The number of sulfonamides is 1. The van der Waals surface area contributed by atoms with Crippen LogP contribution in [-0.4, -0.2) is 31.6 Å². The fraction of sp³-hybridized carbons (Fsp3) is 0.111. The molecule has 3 N–H and O–H groups in total. The predicted molar refractivity (Wildman–Crippen MR) is 102 cm³/mol. The molecule has 30 heavy (non-hydrogen) atoms. The van der Waals surface area contributed by atoms with Gasteiger partial charge in [0.15, 0.2) is 0 Å². The molecule has 0 spiro atoms. The van der Waals surface area contributed by atoms with E-state index in [0.717, 1.165) is 18.2 Å². The summed E-state index contributed by atoms with van der Waals surface area (Å²) < 4.78 is 71.1. The van der Waals surface area contributed by atoms with E-state index in [9.17, 15) is 26.4 Å². The number of ether oxygens (including phenoxy) is 1. The van der Waals surface area contributed by atoms with Crippen molar-refractivity contribution >= 4 is 27.3 Å². The van der Waals surface area contributed by atoms with Crippen molar-refractivity contribution < 1.29 is 31.1 Å². The van der Waals surface area contributed by atoms with Crippen molar-refractivity contribution in [2.75, 3.05) is 17.1 Å². The van der Waals surface area contributed by atoms with Crippen LogP contribution in [0.1, 0.15) is 16.1 Å². The molecule has 0 aliphatic heterocycles. The predicted octanol–water partition coefficient (Wildman–Crippen LogP) is 3.49. The number of carbonyl (C=O) groups is 1. The number of carbonyl (C=O) groups excluding carboxylic acids is 1. The lowest BCUT2D eigenvalue weighted by Crippen LogP contribution is -2.16. The molecule has 0 atom stereocenters. The summed E-state index contributed by atoms with van der Waals surface area (Å²) in [5.74, 6) is -0.621. The van der Waals surface area contributed by atoms with Gasteiger partial charge in [-0.1, -0.05) is 6.07 Å². The first kappa shape index (κ1) is 21.2. The van der Waals surface area contributed by atoms with Crippen LogP contribution in [0.3, 0.4) is 0 Å². The molecule has 0 saturated carbocycles. The minimum absolute atomic E-state index is 0.114. The molecule has 0 bridgehead atoms. The maximum absolute atomic E-state index is 12.9. The second-order valence-corrected chi connectivity index (χ2v) is 7.62. The van der Waals surface area contributed by atoms with E-state index in [1.54, 1.807) is 0 Å². The zero-order chi connectivity index (χ0) is 21.9. The van der Waals surface area contributed by atoms with Crippen molar-refractivity contribution in [3.05, 3.63) is 66.0 Å². The third kappa shape index (κ3) is 4.71. The highest BCUT2D eigenvalue weighted by Crippen LogP contribution is 2.33. The summed E-state index contributed by atoms with van der Waals surface area (Å²) in [7, 11) is -3.06. The first-order valence-corrected chi connectivity index (χ1v) is 9.77. The fourth-order valence-electron chi connectivity index (χ4n) is 2.52. The van der Waals surface area contributed by atoms with E-state index in [4.69, 9.17) is 4.74 Å². The number of methoxy groups -OCH3 is 1. The minimum Gasteiger partial charge on any atom is -0.495 e. The molecule has 2 aromatic carbocycles. The zero-order valence-corrected chi connectivity index (χ0v) is 16.1. The Bertz CT molecular complexity index is 1160. The van der Waals surface area contributed by atoms with Gasteiger partial charge in [0.2, 0.25) is 0 Å². The van der Waals surface area contributed by atoms with Crippen LogP contribution in [0.5, 0.6) is 5.75 Å². The van der Waals surface area contributed by atoms with Gasteiger partial charge < -0.3 is 10.1 Å². The van der Waals surface area contributed by atoms with Crippen LogP contribution in [0.15, 0.2) is 59.6 Å². The molecule has 0 radical (unpaired) electrons. The monoisotopic (exact) mass is 440 g/mol. The molecule has 0 saturated heterocycles. The number of aromatic amines is 1. The Morgan fingerprint density at radius 3 is 2.50 bits per heavy atom. The number of hydrogen-bond donors (Lipinski definition) is 3. The number of alkyl halides is 3. The number of nitrogens with zero attached hydrogens (tertiary/aromatic N) is 1. The van der Waals surface area contributed by atoms with Crippen LogP contribution in [-0.2, 0) is 16.2 Å². The number of amides is 1. The topological polar surface area (TPSA) is 113 Å². The smallest absolute Gasteiger partial charge is 0.416 e. The summed E-state index contributed by atoms with van der Waals surface area (Å²) in [6, 6.07) is 9.00. The standard InChI is InChI=1S/C18H15F3N4O4S/c1-29-15-10-12(23-17(26)14-7-8-22-24-14)5-6-16(15)30(27,28)25-13-4-2-3-11(9-13)18(19,20)21/h2-10,25H,1H3,(H,22,24)(H,23,26). The Hall–Kier alpha value is -3.54. The summed E-state index contributed by atoms with van der Waals surface area (Å²) in [5, 5.41) is 8.68. The van der Waals surface area contributed by atoms with E-state index in [1.165, 1.54) is 37.6 Å². The maximum Gasteiger partial charge on any atom is 0.416 e. The van der Waals surface area contributed by atoms with E-state index in [2.05, 4.69) is 20.2 Å². The largest absolute Gasteiger partial charge is 0.495 e. The van der Waals surface area contributed by atoms with Crippen molar-refractivity contribution in [3.63, 3.8) is 0 Å². The van der Waals surface area contributed by atoms with Gasteiger partial charge in [-0.05, 0) is 36.4 Å². The Labute approximate surface area is 169 Å². The van der Waals surface area contributed by atoms with Gasteiger partial charge in [-0.15, -0.1) is 0 Å². The highest BCUT2D eigenvalue weighted by molar-refractivity contribution is 7.92. The molecular weight excluding hydrogens is 425 g/mol. The van der Waals surface area contributed by atoms with E-state index >= 15 is 0 Å². The van der Waals surface area contributed by atoms with Crippen molar-refractivity contribution in [3.8, 4) is 5.75 Å². The number of benzene rings is 2. The molecule has 0 unspecified atom stereocenters. The highest BCUT2D eigenvalue weighted by Gasteiger charge is 2.31. The average Bonchev–Trinajstić information content (AvgIpc) is 3.22. The highest BCUT2D eigenvalue weighted by atomic mass is 32.2. The molecule has 0 fully saturated rings. The Morgan fingerprint density at radius 2 is 1.87 bits per heavy atom. The second-order valence-electron chi connectivity index (χ2n) is 5.97. The van der Waals surface area contributed by atoms with Crippen molar-refractivity contribution in [1.29, 1.82) is 0 Å². The molecule has 158 valence electrons. The average molecular weight is 440 g/mol. The number of nitrogens with one attached hydrogen (secondary N) is 3. The zero-order valence-electron chi connectivity index (χ0n) is 15.3. The molecule has 8 nitrogen and oxygen atoms in total. The second kappa shape index (κ2) is 8.06. The van der Waals surface area contributed by atoms with Gasteiger partial charge >= 0.3 is 6.18 Å². The van der Waals surface area contributed by atoms with E-state index < -0.39 is 27.7 Å². The van der Waals surface area contributed by atoms with E-state index in [-0.39, 0.29) is 27.7 Å². The van der Waals surface area contributed by atoms with Gasteiger partial charge in [0, 0.05) is 23.6 Å². The summed E-state index contributed by atoms with van der Waals surface area (Å²) in [4.78, 5) is 11.7. The minimum atomic E-state index is -4.62. The lowest BCUT2D eigenvalue weighted by atomic mass is 10.2. The van der Waals surface area contributed by atoms with Crippen LogP contribution in [0.25, 0.3) is 0 Å². The van der Waals surface area contributed by atoms with Crippen LogP contribution < -0.4 is 14.8 Å².